The van der Waals surface area contributed by atoms with Gasteiger partial charge in [0.05, 0.1) is 0 Å². The molecule has 0 spiro atoms. The summed E-state index contributed by atoms with van der Waals surface area (Å²) in [6.07, 6.45) is 18.2. The van der Waals surface area contributed by atoms with Gasteiger partial charge < -0.3 is 25.7 Å². The van der Waals surface area contributed by atoms with E-state index in [1.165, 1.54) is 0 Å². The second-order valence-electron chi connectivity index (χ2n) is 9.95. The van der Waals surface area contributed by atoms with E-state index in [1.807, 2.05) is 115 Å². The van der Waals surface area contributed by atoms with E-state index in [0.717, 1.165) is 45.9 Å². The van der Waals surface area contributed by atoms with Crippen molar-refractivity contribution >= 4 is 13.8 Å². The molecule has 4 heterocycles. The molecule has 50 heavy (non-hydrogen) atoms. The van der Waals surface area contributed by atoms with E-state index in [1.54, 1.807) is 24.8 Å². The maximum atomic E-state index is 10.5. The number of carboxylic acids is 1. The summed E-state index contributed by atoms with van der Waals surface area (Å²) < 4.78 is 59.2. The first-order valence-electron chi connectivity index (χ1n) is 14.5. The molecule has 6 nitrogen and oxygen atoms in total. The number of hydrogen-bond donors (Lipinski definition) is 1. The van der Waals surface area contributed by atoms with Gasteiger partial charge in [-0.1, -0.05) is 60.2 Å². The molecule has 0 unspecified atom stereocenters. The summed E-state index contributed by atoms with van der Waals surface area (Å²) in [4.78, 5) is 18.9. The van der Waals surface area contributed by atoms with Crippen LogP contribution in [0.15, 0.2) is 157 Å². The Hall–Kier alpha value is -4.83. The van der Waals surface area contributed by atoms with Gasteiger partial charge in [0.25, 0.3) is 0 Å². The van der Waals surface area contributed by atoms with Gasteiger partial charge in [-0.3, -0.25) is 4.79 Å². The zero-order valence-corrected chi connectivity index (χ0v) is 29.4. The number of aliphatic carboxylic acids is 1. The first kappa shape index (κ1) is 41.3. The Balaban J connectivity index is 0.000000241. The Morgan fingerprint density at radius 1 is 0.700 bits per heavy atom. The Labute approximate surface area is 299 Å². The number of halogens is 6. The predicted octanol–water partition coefficient (Wildman–Crippen LogP) is 12.2. The number of allylic oxidation sites excluding steroid dienone is 6. The van der Waals surface area contributed by atoms with E-state index in [4.69, 9.17) is 5.11 Å². The SMILES string of the molecule is F[P-](F)(F)(F)(F)F.O=C(O)CCCC1=CC(=C2C=CC=C[N-]2)[N-]C=C1.[Ir].[c-]1ccccc1-c1ccccn1.[c-]1ccccc1-c1ccccn1. The minimum atomic E-state index is -10.7. The number of rotatable bonds is 6. The van der Waals surface area contributed by atoms with E-state index in [0.29, 0.717) is 6.42 Å². The van der Waals surface area contributed by atoms with Crippen molar-refractivity contribution in [1.82, 2.24) is 9.97 Å². The third-order valence-corrected chi connectivity index (χ3v) is 5.91. The van der Waals surface area contributed by atoms with Gasteiger partial charge in [-0.25, -0.2) is 0 Å². The Morgan fingerprint density at radius 3 is 1.64 bits per heavy atom. The smallest absolute Gasteiger partial charge is 0.303 e. The standard InChI is InChI=1S/C14H14N2O2.2C11H8N.F6P.Ir/c17-14(18)6-3-4-11-7-9-16-13(10-11)12-5-1-2-8-15-12;2*1-2-6-10(7-3-1)11-8-4-5-9-12-11;1-7(2,3,4,5)6;/h1-2,5,7-10H,3-4,6H2,(H,17,18);2*1-6,8-9H;;/q-2;3*-1;. The van der Waals surface area contributed by atoms with Crippen LogP contribution in [-0.2, 0) is 24.9 Å². The average molecular weight is 888 g/mol. The fraction of sp³-hybridized carbons (Fsp3) is 0.0833. The van der Waals surface area contributed by atoms with Gasteiger partial charge in [0, 0.05) is 38.9 Å². The van der Waals surface area contributed by atoms with Crippen LogP contribution in [0.2, 0.25) is 0 Å². The second kappa shape index (κ2) is 18.8. The first-order chi connectivity index (χ1) is 23.1. The van der Waals surface area contributed by atoms with Crippen LogP contribution in [0.25, 0.3) is 33.1 Å². The van der Waals surface area contributed by atoms with Crippen LogP contribution in [0.3, 0.4) is 0 Å². The second-order valence-corrected chi connectivity index (χ2v) is 11.9. The summed E-state index contributed by atoms with van der Waals surface area (Å²) in [5.41, 5.74) is 6.76. The monoisotopic (exact) mass is 888 g/mol. The quantitative estimate of drug-likeness (QED) is 0.119. The molecule has 2 aliphatic rings. The van der Waals surface area contributed by atoms with Gasteiger partial charge in [-0.05, 0) is 36.4 Å². The van der Waals surface area contributed by atoms with Crippen molar-refractivity contribution in [3.05, 3.63) is 180 Å². The normalized spacial score (nSPS) is 15.5. The molecular formula is C36H30F6IrN4O2P-5. The predicted molar refractivity (Wildman–Crippen MR) is 181 cm³/mol. The van der Waals surface area contributed by atoms with Crippen molar-refractivity contribution in [2.75, 3.05) is 0 Å². The molecule has 0 bridgehead atoms. The van der Waals surface area contributed by atoms with Crippen molar-refractivity contribution in [3.8, 4) is 22.5 Å². The number of aromatic nitrogens is 2. The van der Waals surface area contributed by atoms with Crippen molar-refractivity contribution in [2.45, 2.75) is 19.3 Å². The number of hydrogen-bond acceptors (Lipinski definition) is 3. The van der Waals surface area contributed by atoms with E-state index in [-0.39, 0.29) is 26.5 Å². The van der Waals surface area contributed by atoms with E-state index < -0.39 is 13.8 Å². The number of pyridine rings is 2. The van der Waals surface area contributed by atoms with Gasteiger partial charge in [0.2, 0.25) is 0 Å². The van der Waals surface area contributed by atoms with E-state index in [9.17, 15) is 30.0 Å². The summed E-state index contributed by atoms with van der Waals surface area (Å²) in [6.45, 7) is 0. The molecule has 0 aliphatic carbocycles. The van der Waals surface area contributed by atoms with Crippen molar-refractivity contribution < 1.29 is 55.2 Å². The summed E-state index contributed by atoms with van der Waals surface area (Å²) >= 11 is 0. The fourth-order valence-electron chi connectivity index (χ4n) is 3.88. The van der Waals surface area contributed by atoms with Gasteiger partial charge >= 0.3 is 39.0 Å². The minimum absolute atomic E-state index is 0. The topological polar surface area (TPSA) is 91.3 Å². The molecule has 1 radical (unpaired) electrons. The molecule has 0 fully saturated rings. The number of carboxylic acid groups (broad SMARTS) is 1. The zero-order chi connectivity index (χ0) is 35.7. The third-order valence-electron chi connectivity index (χ3n) is 5.91. The van der Waals surface area contributed by atoms with Crippen LogP contribution in [0.5, 0.6) is 0 Å². The van der Waals surface area contributed by atoms with Crippen LogP contribution < -0.4 is 0 Å². The molecule has 4 aromatic rings. The Morgan fingerprint density at radius 2 is 1.22 bits per heavy atom. The molecule has 267 valence electrons. The number of nitrogens with zero attached hydrogens (tertiary/aromatic N) is 4. The molecule has 2 aromatic carbocycles. The van der Waals surface area contributed by atoms with Gasteiger partial charge in [0.1, 0.15) is 0 Å². The molecule has 2 aliphatic heterocycles. The summed E-state index contributed by atoms with van der Waals surface area (Å²) in [6, 6.07) is 33.6. The van der Waals surface area contributed by atoms with Crippen LogP contribution in [-0.4, -0.2) is 21.0 Å². The summed E-state index contributed by atoms with van der Waals surface area (Å²) in [7, 11) is -10.7. The van der Waals surface area contributed by atoms with Crippen molar-refractivity contribution in [3.63, 3.8) is 0 Å². The van der Waals surface area contributed by atoms with Crippen LogP contribution >= 0.6 is 7.81 Å². The first-order valence-corrected chi connectivity index (χ1v) is 16.6. The molecule has 2 aromatic heterocycles. The molecular weight excluding hydrogens is 858 g/mol. The maximum Gasteiger partial charge on any atom is 0.303 e. The molecule has 0 saturated heterocycles. The molecule has 6 rings (SSSR count). The summed E-state index contributed by atoms with van der Waals surface area (Å²) in [5, 5.41) is 17.1. The van der Waals surface area contributed by atoms with Gasteiger partial charge in [-0.15, -0.1) is 71.8 Å². The van der Waals surface area contributed by atoms with Crippen molar-refractivity contribution in [2.24, 2.45) is 0 Å². The average Bonchev–Trinajstić information content (AvgIpc) is 3.09. The maximum absolute atomic E-state index is 10.7. The Kier molecular flexibility index (Phi) is 15.5. The van der Waals surface area contributed by atoms with Crippen LogP contribution in [0.1, 0.15) is 19.3 Å². The molecule has 0 atom stereocenters. The third kappa shape index (κ3) is 19.2. The van der Waals surface area contributed by atoms with Gasteiger partial charge in [-0.2, -0.15) is 23.8 Å². The van der Waals surface area contributed by atoms with Crippen LogP contribution in [0.4, 0.5) is 25.2 Å². The van der Waals surface area contributed by atoms with E-state index >= 15 is 0 Å². The molecule has 0 amide bonds. The zero-order valence-electron chi connectivity index (χ0n) is 26.1. The number of carbonyl (C=O) groups is 1. The molecule has 0 saturated carbocycles. The van der Waals surface area contributed by atoms with Crippen LogP contribution in [0, 0.1) is 12.1 Å². The minimum Gasteiger partial charge on any atom is -0.665 e. The molecule has 14 heteroatoms. The van der Waals surface area contributed by atoms with Gasteiger partial charge in [0.15, 0.2) is 0 Å². The number of benzene rings is 2. The molecule has 1 N–H and O–H groups in total. The summed E-state index contributed by atoms with van der Waals surface area (Å²) in [5.74, 6) is -0.756. The fourth-order valence-corrected chi connectivity index (χ4v) is 3.88. The Bertz CT molecular complexity index is 1630. The largest absolute Gasteiger partial charge is 0.665 e. The van der Waals surface area contributed by atoms with E-state index in [2.05, 4.69) is 32.7 Å². The van der Waals surface area contributed by atoms with Crippen molar-refractivity contribution in [1.29, 1.82) is 0 Å².